The number of aromatic nitrogens is 2. The first-order valence-electron chi connectivity index (χ1n) is 6.73. The van der Waals surface area contributed by atoms with Gasteiger partial charge in [-0.2, -0.15) is 5.10 Å². The Kier molecular flexibility index (Phi) is 5.04. The third-order valence-corrected chi connectivity index (χ3v) is 3.80. The van der Waals surface area contributed by atoms with Gasteiger partial charge in [-0.25, -0.2) is 0 Å². The zero-order valence-electron chi connectivity index (χ0n) is 11.9. The number of benzene rings is 1. The van der Waals surface area contributed by atoms with Crippen molar-refractivity contribution >= 4 is 11.6 Å². The molecule has 1 heterocycles. The van der Waals surface area contributed by atoms with Crippen LogP contribution >= 0.6 is 11.6 Å². The van der Waals surface area contributed by atoms with Gasteiger partial charge in [-0.1, -0.05) is 29.8 Å². The molecule has 0 atom stereocenters. The van der Waals surface area contributed by atoms with Crippen molar-refractivity contribution in [2.24, 2.45) is 5.73 Å². The molecule has 108 valence electrons. The van der Waals surface area contributed by atoms with E-state index in [-0.39, 0.29) is 0 Å². The van der Waals surface area contributed by atoms with Gasteiger partial charge < -0.3 is 10.5 Å². The monoisotopic (exact) mass is 293 g/mol. The highest BCUT2D eigenvalue weighted by molar-refractivity contribution is 6.31. The first-order chi connectivity index (χ1) is 9.63. The van der Waals surface area contributed by atoms with Gasteiger partial charge in [0.25, 0.3) is 0 Å². The van der Waals surface area contributed by atoms with E-state index in [2.05, 4.69) is 5.10 Å². The molecule has 20 heavy (non-hydrogen) atoms. The number of aryl methyl sites for hydroxylation is 2. The Labute approximate surface area is 124 Å². The third kappa shape index (κ3) is 3.32. The van der Waals surface area contributed by atoms with Crippen molar-refractivity contribution in [1.29, 1.82) is 0 Å². The molecule has 0 bridgehead atoms. The highest BCUT2D eigenvalue weighted by atomic mass is 35.5. The maximum atomic E-state index is 6.12. The van der Waals surface area contributed by atoms with E-state index in [0.29, 0.717) is 13.2 Å². The molecule has 0 amide bonds. The van der Waals surface area contributed by atoms with E-state index in [1.807, 2.05) is 42.8 Å². The van der Waals surface area contributed by atoms with Crippen LogP contribution in [0.15, 0.2) is 24.3 Å². The molecule has 0 saturated heterocycles. The van der Waals surface area contributed by atoms with Gasteiger partial charge in [0.2, 0.25) is 0 Å². The number of nitrogens with two attached hydrogens (primary N) is 1. The predicted octanol–water partition coefficient (Wildman–Crippen LogP) is 3.08. The second kappa shape index (κ2) is 6.77. The van der Waals surface area contributed by atoms with Gasteiger partial charge >= 0.3 is 0 Å². The van der Waals surface area contributed by atoms with Gasteiger partial charge in [-0.15, -0.1) is 0 Å². The lowest BCUT2D eigenvalue weighted by atomic mass is 10.2. The van der Waals surface area contributed by atoms with Crippen molar-refractivity contribution in [3.63, 3.8) is 0 Å². The summed E-state index contributed by atoms with van der Waals surface area (Å²) in [7, 11) is 0. The summed E-state index contributed by atoms with van der Waals surface area (Å²) in [6, 6.07) is 7.85. The Bertz CT molecular complexity index is 580. The predicted molar refractivity (Wildman–Crippen MR) is 81.2 cm³/mol. The van der Waals surface area contributed by atoms with Crippen LogP contribution < -0.4 is 10.5 Å². The van der Waals surface area contributed by atoms with Gasteiger partial charge in [0.1, 0.15) is 5.75 Å². The Balaban J connectivity index is 1.86. The second-order valence-corrected chi connectivity index (χ2v) is 5.10. The first-order valence-corrected chi connectivity index (χ1v) is 7.11. The maximum Gasteiger partial charge on any atom is 0.123 e. The minimum atomic E-state index is 0.489. The number of hydrogen-bond donors (Lipinski definition) is 1. The van der Waals surface area contributed by atoms with Crippen LogP contribution in [0.1, 0.15) is 23.4 Å². The molecule has 0 fully saturated rings. The number of nitrogens with zero attached hydrogens (tertiary/aromatic N) is 2. The van der Waals surface area contributed by atoms with Crippen molar-refractivity contribution in [3.8, 4) is 5.75 Å². The Morgan fingerprint density at radius 2 is 2.05 bits per heavy atom. The summed E-state index contributed by atoms with van der Waals surface area (Å²) in [6.07, 6.45) is 0.872. The van der Waals surface area contributed by atoms with E-state index in [0.717, 1.165) is 40.7 Å². The first kappa shape index (κ1) is 14.9. The van der Waals surface area contributed by atoms with E-state index >= 15 is 0 Å². The number of para-hydroxylation sites is 1. The minimum Gasteiger partial charge on any atom is -0.493 e. The molecule has 2 aromatic rings. The van der Waals surface area contributed by atoms with Crippen molar-refractivity contribution < 1.29 is 4.74 Å². The number of hydrogen-bond acceptors (Lipinski definition) is 3. The molecule has 0 unspecified atom stereocenters. The van der Waals surface area contributed by atoms with Crippen LogP contribution in [-0.2, 0) is 13.1 Å². The van der Waals surface area contributed by atoms with Gasteiger partial charge in [-0.05, 0) is 19.9 Å². The van der Waals surface area contributed by atoms with E-state index < -0.39 is 0 Å². The van der Waals surface area contributed by atoms with Crippen LogP contribution in [0.4, 0.5) is 0 Å². The summed E-state index contributed by atoms with van der Waals surface area (Å²) in [5.41, 5.74) is 8.59. The molecule has 0 aliphatic carbocycles. The van der Waals surface area contributed by atoms with Gasteiger partial charge in [0.15, 0.2) is 0 Å². The fraction of sp³-hybridized carbons (Fsp3) is 0.400. The SMILES string of the molecule is Cc1nn(CCCOc2ccccc2CN)c(C)c1Cl. The van der Waals surface area contributed by atoms with E-state index in [4.69, 9.17) is 22.1 Å². The van der Waals surface area contributed by atoms with Crippen LogP contribution in [0, 0.1) is 13.8 Å². The Morgan fingerprint density at radius 1 is 1.30 bits per heavy atom. The second-order valence-electron chi connectivity index (χ2n) is 4.72. The molecule has 5 heteroatoms. The van der Waals surface area contributed by atoms with Gasteiger partial charge in [-0.3, -0.25) is 4.68 Å². The molecular formula is C15H20ClN3O. The third-order valence-electron chi connectivity index (χ3n) is 3.26. The average Bonchev–Trinajstić information content (AvgIpc) is 2.71. The Morgan fingerprint density at radius 3 is 2.70 bits per heavy atom. The zero-order valence-corrected chi connectivity index (χ0v) is 12.7. The molecule has 0 radical (unpaired) electrons. The molecule has 0 aliphatic heterocycles. The topological polar surface area (TPSA) is 53.1 Å². The maximum absolute atomic E-state index is 6.12. The Hall–Kier alpha value is -1.52. The normalized spacial score (nSPS) is 10.8. The smallest absolute Gasteiger partial charge is 0.123 e. The quantitative estimate of drug-likeness (QED) is 0.833. The van der Waals surface area contributed by atoms with Crippen LogP contribution in [0.5, 0.6) is 5.75 Å². The molecule has 1 aromatic heterocycles. The van der Waals surface area contributed by atoms with E-state index in [9.17, 15) is 0 Å². The molecule has 0 spiro atoms. The lowest BCUT2D eigenvalue weighted by Gasteiger charge is -2.10. The van der Waals surface area contributed by atoms with Gasteiger partial charge in [0.05, 0.1) is 23.0 Å². The van der Waals surface area contributed by atoms with Crippen LogP contribution in [0.25, 0.3) is 0 Å². The molecule has 0 aliphatic rings. The summed E-state index contributed by atoms with van der Waals surface area (Å²) < 4.78 is 7.70. The summed E-state index contributed by atoms with van der Waals surface area (Å²) >= 11 is 6.12. The molecule has 2 rings (SSSR count). The molecule has 4 nitrogen and oxygen atoms in total. The highest BCUT2D eigenvalue weighted by Crippen LogP contribution is 2.20. The fourth-order valence-corrected chi connectivity index (χ4v) is 2.24. The van der Waals surface area contributed by atoms with Gasteiger partial charge in [0, 0.05) is 25.1 Å². The summed E-state index contributed by atoms with van der Waals surface area (Å²) in [5.74, 6) is 0.862. The highest BCUT2D eigenvalue weighted by Gasteiger charge is 2.08. The molecule has 0 saturated carbocycles. The van der Waals surface area contributed by atoms with Crippen molar-refractivity contribution in [3.05, 3.63) is 46.2 Å². The molecule has 1 aromatic carbocycles. The summed E-state index contributed by atoms with van der Waals surface area (Å²) in [6.45, 7) is 5.81. The molecular weight excluding hydrogens is 274 g/mol. The van der Waals surface area contributed by atoms with Crippen molar-refractivity contribution in [2.75, 3.05) is 6.61 Å². The lowest BCUT2D eigenvalue weighted by molar-refractivity contribution is 0.295. The standard InChI is InChI=1S/C15H20ClN3O/c1-11-15(16)12(2)19(18-11)8-5-9-20-14-7-4-3-6-13(14)10-17/h3-4,6-7H,5,8-10,17H2,1-2H3. The van der Waals surface area contributed by atoms with E-state index in [1.165, 1.54) is 0 Å². The van der Waals surface area contributed by atoms with Crippen molar-refractivity contribution in [1.82, 2.24) is 9.78 Å². The largest absolute Gasteiger partial charge is 0.493 e. The van der Waals surface area contributed by atoms with Crippen molar-refractivity contribution in [2.45, 2.75) is 33.4 Å². The summed E-state index contributed by atoms with van der Waals surface area (Å²) in [5, 5.41) is 5.15. The minimum absolute atomic E-state index is 0.489. The zero-order chi connectivity index (χ0) is 14.5. The number of rotatable bonds is 6. The average molecular weight is 294 g/mol. The fourth-order valence-electron chi connectivity index (χ4n) is 2.10. The van der Waals surface area contributed by atoms with Crippen LogP contribution in [0.3, 0.4) is 0 Å². The molecule has 2 N–H and O–H groups in total. The van der Waals surface area contributed by atoms with Crippen LogP contribution in [-0.4, -0.2) is 16.4 Å². The number of halogens is 1. The number of ether oxygens (including phenoxy) is 1. The summed E-state index contributed by atoms with van der Waals surface area (Å²) in [4.78, 5) is 0. The van der Waals surface area contributed by atoms with Crippen LogP contribution in [0.2, 0.25) is 5.02 Å². The van der Waals surface area contributed by atoms with E-state index in [1.54, 1.807) is 0 Å². The lowest BCUT2D eigenvalue weighted by Crippen LogP contribution is -2.08.